The number of rotatable bonds is 6. The van der Waals surface area contributed by atoms with E-state index in [2.05, 4.69) is 12.2 Å². The van der Waals surface area contributed by atoms with Gasteiger partial charge in [0.05, 0.1) is 11.6 Å². The van der Waals surface area contributed by atoms with Crippen LogP contribution < -0.4 is 15.9 Å². The molecule has 0 saturated heterocycles. The fourth-order valence-corrected chi connectivity index (χ4v) is 3.98. The highest BCUT2D eigenvalue weighted by Crippen LogP contribution is 2.22. The zero-order chi connectivity index (χ0) is 19.3. The fourth-order valence-electron chi connectivity index (χ4n) is 3.13. The molecule has 28 heavy (non-hydrogen) atoms. The van der Waals surface area contributed by atoms with Crippen LogP contribution in [0.4, 0.5) is 0 Å². The molecule has 0 radical (unpaired) electrons. The van der Waals surface area contributed by atoms with Crippen molar-refractivity contribution in [3.05, 3.63) is 65.1 Å². The predicted octanol–water partition coefficient (Wildman–Crippen LogP) is 2.69. The first kappa shape index (κ1) is 18.6. The number of benzene rings is 1. The summed E-state index contributed by atoms with van der Waals surface area (Å²) in [6.07, 6.45) is 8.41. The Morgan fingerprint density at radius 1 is 1.25 bits per heavy atom. The number of carbonyl (C=O) groups excluding carboxylic acids is 1. The quantitative estimate of drug-likeness (QED) is 0.765. The van der Waals surface area contributed by atoms with E-state index in [4.69, 9.17) is 14.5 Å². The molecule has 7 heteroatoms. The van der Waals surface area contributed by atoms with Crippen LogP contribution in [0.3, 0.4) is 0 Å². The van der Waals surface area contributed by atoms with Gasteiger partial charge in [0.25, 0.3) is 5.91 Å². The minimum atomic E-state index is -0.410. The van der Waals surface area contributed by atoms with Gasteiger partial charge in [0, 0.05) is 11.0 Å². The highest BCUT2D eigenvalue weighted by Gasteiger charge is 2.32. The molecule has 1 aromatic carbocycles. The van der Waals surface area contributed by atoms with Crippen LogP contribution in [-0.2, 0) is 4.79 Å². The molecule has 0 unspecified atom stereocenters. The summed E-state index contributed by atoms with van der Waals surface area (Å²) in [4.78, 5) is 17.7. The zero-order valence-corrected chi connectivity index (χ0v) is 16.5. The molecular formula is C21H22N4O2S. The lowest BCUT2D eigenvalue weighted by molar-refractivity contribution is -0.116. The summed E-state index contributed by atoms with van der Waals surface area (Å²) < 4.78 is 5.38. The Labute approximate surface area is 167 Å². The van der Waals surface area contributed by atoms with Crippen molar-refractivity contribution in [3.63, 3.8) is 0 Å². The van der Waals surface area contributed by atoms with Crippen LogP contribution in [0.1, 0.15) is 31.9 Å². The molecule has 2 aliphatic rings. The molecule has 1 N–H and O–H groups in total. The van der Waals surface area contributed by atoms with E-state index in [1.807, 2.05) is 48.6 Å². The normalized spacial score (nSPS) is 18.4. The molecule has 2 aromatic rings. The second kappa shape index (κ2) is 8.48. The van der Waals surface area contributed by atoms with E-state index in [9.17, 15) is 4.79 Å². The Balaban J connectivity index is 1.69. The van der Waals surface area contributed by atoms with Gasteiger partial charge in [-0.2, -0.15) is 0 Å². The van der Waals surface area contributed by atoms with Crippen molar-refractivity contribution in [2.75, 3.05) is 5.75 Å². The lowest BCUT2D eigenvalue weighted by Crippen LogP contribution is -2.52. The van der Waals surface area contributed by atoms with E-state index in [-0.39, 0.29) is 5.91 Å². The topological polar surface area (TPSA) is 70.2 Å². The van der Waals surface area contributed by atoms with Gasteiger partial charge in [-0.05, 0) is 36.8 Å². The predicted molar refractivity (Wildman–Crippen MR) is 112 cm³/mol. The van der Waals surface area contributed by atoms with Gasteiger partial charge in [0.15, 0.2) is 11.3 Å². The third-order valence-corrected chi connectivity index (χ3v) is 5.46. The molecule has 0 bridgehead atoms. The molecule has 1 aromatic heterocycles. The summed E-state index contributed by atoms with van der Waals surface area (Å²) >= 11 is 1.57. The molecule has 4 rings (SSSR count). The second-order valence-electron chi connectivity index (χ2n) is 6.54. The fraction of sp³-hybridized carbons (Fsp3) is 0.286. The van der Waals surface area contributed by atoms with E-state index in [1.165, 1.54) is 12.8 Å². The Hall–Kier alpha value is -2.80. The first-order valence-electron chi connectivity index (χ1n) is 9.47. The molecule has 0 fully saturated rings. The van der Waals surface area contributed by atoms with Crippen molar-refractivity contribution in [3.8, 4) is 0 Å². The van der Waals surface area contributed by atoms with Crippen molar-refractivity contribution >= 4 is 34.6 Å². The number of thioether (sulfide) groups is 1. The zero-order valence-electron chi connectivity index (χ0n) is 15.7. The number of carbonyl (C=O) groups is 1. The third kappa shape index (κ3) is 3.89. The lowest BCUT2D eigenvalue weighted by atomic mass is 10.1. The molecule has 3 heterocycles. The summed E-state index contributed by atoms with van der Waals surface area (Å²) in [6, 6.07) is 11.4. The number of furan rings is 1. The van der Waals surface area contributed by atoms with Crippen molar-refractivity contribution in [2.45, 2.75) is 32.4 Å². The number of amidine groups is 1. The SMILES string of the molecule is CCCCCSC1=NN2C(=c3ccccc3=N[C@@H]2/C=C/c2ccco2)C(=O)N1. The minimum Gasteiger partial charge on any atom is -0.465 e. The van der Waals surface area contributed by atoms with E-state index >= 15 is 0 Å². The average molecular weight is 395 g/mol. The molecule has 2 aliphatic heterocycles. The Bertz CT molecular complexity index is 1030. The van der Waals surface area contributed by atoms with Crippen molar-refractivity contribution < 1.29 is 9.21 Å². The maximum absolute atomic E-state index is 12.9. The Kier molecular flexibility index (Phi) is 5.62. The summed E-state index contributed by atoms with van der Waals surface area (Å²) in [7, 11) is 0. The van der Waals surface area contributed by atoms with E-state index < -0.39 is 6.17 Å². The molecule has 1 amide bonds. The second-order valence-corrected chi connectivity index (χ2v) is 7.63. The molecule has 0 aliphatic carbocycles. The maximum Gasteiger partial charge on any atom is 0.276 e. The van der Waals surface area contributed by atoms with Crippen LogP contribution in [0, 0.1) is 0 Å². The van der Waals surface area contributed by atoms with E-state index in [1.54, 1.807) is 23.0 Å². The molecular weight excluding hydrogens is 372 g/mol. The van der Waals surface area contributed by atoms with Gasteiger partial charge >= 0.3 is 0 Å². The average Bonchev–Trinajstić information content (AvgIpc) is 3.23. The number of hydrogen-bond donors (Lipinski definition) is 1. The van der Waals surface area contributed by atoms with Gasteiger partial charge in [0.1, 0.15) is 11.5 Å². The number of hydrazone groups is 1. The number of nitrogens with zero attached hydrogens (tertiary/aromatic N) is 3. The minimum absolute atomic E-state index is 0.147. The highest BCUT2D eigenvalue weighted by molar-refractivity contribution is 8.13. The van der Waals surface area contributed by atoms with Gasteiger partial charge in [-0.25, -0.2) is 5.01 Å². The molecule has 6 nitrogen and oxygen atoms in total. The van der Waals surface area contributed by atoms with Crippen LogP contribution in [-0.4, -0.2) is 28.0 Å². The molecule has 144 valence electrons. The standard InChI is InChI=1S/C21H22N4O2S/c1-2-3-6-14-28-21-23-20(26)19-16-9-4-5-10-17(16)22-18(25(19)24-21)12-11-15-8-7-13-27-15/h4-5,7-13,18H,2-3,6,14H2,1H3,(H,23,24,26)/b12-11+/t18-/m0/s1. The van der Waals surface area contributed by atoms with Gasteiger partial charge in [0.2, 0.25) is 0 Å². The monoisotopic (exact) mass is 394 g/mol. The third-order valence-electron chi connectivity index (χ3n) is 4.51. The van der Waals surface area contributed by atoms with Crippen LogP contribution in [0.25, 0.3) is 11.8 Å². The van der Waals surface area contributed by atoms with Crippen LogP contribution >= 0.6 is 11.8 Å². The molecule has 1 atom stereocenters. The number of nitrogens with one attached hydrogen (secondary N) is 1. The Morgan fingerprint density at radius 3 is 2.96 bits per heavy atom. The Morgan fingerprint density at radius 2 is 2.14 bits per heavy atom. The molecule has 0 saturated carbocycles. The first-order chi connectivity index (χ1) is 13.8. The van der Waals surface area contributed by atoms with Crippen molar-refractivity contribution in [2.24, 2.45) is 10.1 Å². The van der Waals surface area contributed by atoms with E-state index in [0.717, 1.165) is 28.5 Å². The first-order valence-corrected chi connectivity index (χ1v) is 10.5. The maximum atomic E-state index is 12.9. The number of unbranched alkanes of at least 4 members (excludes halogenated alkanes) is 2. The van der Waals surface area contributed by atoms with Gasteiger partial charge < -0.3 is 4.42 Å². The summed E-state index contributed by atoms with van der Waals surface area (Å²) in [5.41, 5.74) is 0.526. The van der Waals surface area contributed by atoms with Gasteiger partial charge in [-0.3, -0.25) is 15.1 Å². The number of fused-ring (bicyclic) bond motifs is 2. The van der Waals surface area contributed by atoms with Gasteiger partial charge in [-0.1, -0.05) is 49.7 Å². The summed E-state index contributed by atoms with van der Waals surface area (Å²) in [5, 5.41) is 11.5. The van der Waals surface area contributed by atoms with Gasteiger partial charge in [-0.15, -0.1) is 5.10 Å². The van der Waals surface area contributed by atoms with Crippen LogP contribution in [0.15, 0.2) is 63.2 Å². The number of amides is 1. The highest BCUT2D eigenvalue weighted by atomic mass is 32.2. The van der Waals surface area contributed by atoms with Crippen molar-refractivity contribution in [1.82, 2.24) is 10.3 Å². The van der Waals surface area contributed by atoms with E-state index in [0.29, 0.717) is 10.9 Å². The summed E-state index contributed by atoms with van der Waals surface area (Å²) in [6.45, 7) is 2.18. The van der Waals surface area contributed by atoms with Crippen LogP contribution in [0.5, 0.6) is 0 Å². The van der Waals surface area contributed by atoms with Crippen molar-refractivity contribution in [1.29, 1.82) is 0 Å². The van der Waals surface area contributed by atoms with Crippen LogP contribution in [0.2, 0.25) is 0 Å². The summed E-state index contributed by atoms with van der Waals surface area (Å²) in [5.74, 6) is 1.51. The molecule has 0 spiro atoms. The lowest BCUT2D eigenvalue weighted by Gasteiger charge is -2.32. The largest absolute Gasteiger partial charge is 0.465 e. The number of para-hydroxylation sites is 1. The number of hydrogen-bond acceptors (Lipinski definition) is 6. The smallest absolute Gasteiger partial charge is 0.276 e.